The summed E-state index contributed by atoms with van der Waals surface area (Å²) in [5, 5.41) is 12.1. The standard InChI is InChI=1S/C15H16.C9H9NO2/c1-11-4-7-14(8-5-11)15-9-6-12(2)13(3)10-15;11-8-5-9(12)10-7-4-2-1-3-6(7)8/h4-10H,1-3H3;1-7,11H,(H,10,12). The predicted octanol–water partition coefficient (Wildman–Crippen LogP) is 4.95. The normalized spacial score (nSPS) is 20.1. The molecule has 1 heterocycles. The van der Waals surface area contributed by atoms with E-state index in [0.29, 0.717) is 0 Å². The number of nitrogens with one attached hydrogen (secondary N) is 1. The topological polar surface area (TPSA) is 49.3 Å². The number of aliphatic hydroxyl groups is 1. The fourth-order valence-electron chi connectivity index (χ4n) is 3.13. The summed E-state index contributed by atoms with van der Waals surface area (Å²) in [7, 11) is 0. The molecule has 2 aliphatic rings. The lowest BCUT2D eigenvalue weighted by molar-refractivity contribution is -0.117. The molecule has 0 spiro atoms. The van der Waals surface area contributed by atoms with Crippen molar-refractivity contribution in [3.8, 4) is 11.1 Å². The first-order chi connectivity index (χ1) is 12.9. The number of hydrogen-bond donors (Lipinski definition) is 2. The van der Waals surface area contributed by atoms with Gasteiger partial charge in [-0.15, -0.1) is 0 Å². The molecule has 2 N–H and O–H groups in total. The Morgan fingerprint density at radius 3 is 2.22 bits per heavy atom. The first kappa shape index (κ1) is 18.7. The van der Waals surface area contributed by atoms with Crippen LogP contribution in [0.25, 0.3) is 11.1 Å². The molecule has 0 aromatic heterocycles. The number of rotatable bonds is 1. The van der Waals surface area contributed by atoms with Crippen LogP contribution in [0.15, 0.2) is 78.6 Å². The van der Waals surface area contributed by atoms with Crippen LogP contribution >= 0.6 is 0 Å². The van der Waals surface area contributed by atoms with E-state index in [0.717, 1.165) is 0 Å². The Kier molecular flexibility index (Phi) is 5.60. The molecule has 0 saturated carbocycles. The van der Waals surface area contributed by atoms with E-state index < -0.39 is 0 Å². The van der Waals surface area contributed by atoms with E-state index in [9.17, 15) is 9.90 Å². The third-order valence-corrected chi connectivity index (χ3v) is 4.96. The molecule has 1 aliphatic heterocycles. The lowest BCUT2D eigenvalue weighted by Gasteiger charge is -2.27. The van der Waals surface area contributed by atoms with Crippen LogP contribution in [0.5, 0.6) is 0 Å². The smallest absolute Gasteiger partial charge is 0.247 e. The Balaban J connectivity index is 0.000000159. The lowest BCUT2D eigenvalue weighted by Crippen LogP contribution is -2.42. The van der Waals surface area contributed by atoms with Gasteiger partial charge < -0.3 is 10.4 Å². The highest BCUT2D eigenvalue weighted by Gasteiger charge is 2.27. The van der Waals surface area contributed by atoms with Gasteiger partial charge in [-0.1, -0.05) is 72.3 Å². The van der Waals surface area contributed by atoms with Gasteiger partial charge in [0.1, 0.15) is 5.76 Å². The van der Waals surface area contributed by atoms with Crippen LogP contribution in [-0.2, 0) is 4.79 Å². The van der Waals surface area contributed by atoms with E-state index in [2.05, 4.69) is 68.6 Å². The maximum atomic E-state index is 10.9. The van der Waals surface area contributed by atoms with E-state index in [1.165, 1.54) is 33.9 Å². The minimum atomic E-state index is -0.228. The summed E-state index contributed by atoms with van der Waals surface area (Å²) in [6.07, 6.45) is 8.69. The van der Waals surface area contributed by atoms with Crippen LogP contribution in [0.2, 0.25) is 0 Å². The Labute approximate surface area is 160 Å². The fourth-order valence-corrected chi connectivity index (χ4v) is 3.13. The molecule has 2 unspecified atom stereocenters. The van der Waals surface area contributed by atoms with Gasteiger partial charge in [0.15, 0.2) is 0 Å². The minimum absolute atomic E-state index is 0.0762. The van der Waals surface area contributed by atoms with Gasteiger partial charge in [-0.2, -0.15) is 0 Å². The molecule has 3 nitrogen and oxygen atoms in total. The highest BCUT2D eigenvalue weighted by molar-refractivity contribution is 5.89. The molecule has 2 aromatic rings. The van der Waals surface area contributed by atoms with E-state index >= 15 is 0 Å². The van der Waals surface area contributed by atoms with Crippen molar-refractivity contribution in [3.63, 3.8) is 0 Å². The molecule has 0 saturated heterocycles. The van der Waals surface area contributed by atoms with E-state index in [1.807, 2.05) is 24.3 Å². The van der Waals surface area contributed by atoms with Crippen molar-refractivity contribution in [3.05, 3.63) is 95.3 Å². The molecule has 27 heavy (non-hydrogen) atoms. The second kappa shape index (κ2) is 8.09. The van der Waals surface area contributed by atoms with Gasteiger partial charge in [0.05, 0.1) is 12.0 Å². The van der Waals surface area contributed by atoms with Crippen LogP contribution in [0.1, 0.15) is 16.7 Å². The van der Waals surface area contributed by atoms with Crippen molar-refractivity contribution in [2.75, 3.05) is 0 Å². The van der Waals surface area contributed by atoms with E-state index in [1.54, 1.807) is 0 Å². The van der Waals surface area contributed by atoms with Crippen molar-refractivity contribution in [1.82, 2.24) is 5.32 Å². The van der Waals surface area contributed by atoms with E-state index in [4.69, 9.17) is 0 Å². The summed E-state index contributed by atoms with van der Waals surface area (Å²) >= 11 is 0. The van der Waals surface area contributed by atoms with Crippen molar-refractivity contribution < 1.29 is 9.90 Å². The SMILES string of the molecule is Cc1ccc(-c2ccc(C)c(C)c2)cc1.O=C1C=C(O)C2C=CC=CC2N1. The summed E-state index contributed by atoms with van der Waals surface area (Å²) in [5.74, 6) is -0.161. The number of amides is 1. The van der Waals surface area contributed by atoms with Crippen molar-refractivity contribution in [1.29, 1.82) is 0 Å². The highest BCUT2D eigenvalue weighted by atomic mass is 16.3. The first-order valence-electron chi connectivity index (χ1n) is 9.14. The quantitative estimate of drug-likeness (QED) is 0.757. The number of carbonyl (C=O) groups is 1. The second-order valence-electron chi connectivity index (χ2n) is 7.06. The van der Waals surface area contributed by atoms with Gasteiger partial charge in [-0.05, 0) is 43.0 Å². The number of aliphatic hydroxyl groups excluding tert-OH is 1. The largest absolute Gasteiger partial charge is 0.511 e. The van der Waals surface area contributed by atoms with Crippen LogP contribution < -0.4 is 5.32 Å². The molecule has 4 rings (SSSR count). The molecular weight excluding hydrogens is 334 g/mol. The molecule has 0 fully saturated rings. The van der Waals surface area contributed by atoms with Gasteiger partial charge in [-0.25, -0.2) is 0 Å². The van der Waals surface area contributed by atoms with E-state index in [-0.39, 0.29) is 23.6 Å². The van der Waals surface area contributed by atoms with Gasteiger partial charge >= 0.3 is 0 Å². The van der Waals surface area contributed by atoms with Crippen LogP contribution in [0, 0.1) is 26.7 Å². The molecule has 2 aromatic carbocycles. The molecule has 2 atom stereocenters. The monoisotopic (exact) mass is 359 g/mol. The molecular formula is C24H25NO2. The second-order valence-corrected chi connectivity index (χ2v) is 7.06. The van der Waals surface area contributed by atoms with Crippen molar-refractivity contribution in [2.45, 2.75) is 26.8 Å². The molecule has 0 bridgehead atoms. The summed E-state index contributed by atoms with van der Waals surface area (Å²) in [6, 6.07) is 15.2. The average molecular weight is 359 g/mol. The molecule has 3 heteroatoms. The number of benzene rings is 2. The zero-order valence-electron chi connectivity index (χ0n) is 15.9. The summed E-state index contributed by atoms with van der Waals surface area (Å²) < 4.78 is 0. The predicted molar refractivity (Wildman–Crippen MR) is 111 cm³/mol. The number of allylic oxidation sites excluding steroid dienone is 2. The highest BCUT2D eigenvalue weighted by Crippen LogP contribution is 2.23. The van der Waals surface area contributed by atoms with Crippen molar-refractivity contribution >= 4 is 5.91 Å². The Hall–Kier alpha value is -3.07. The number of hydrogen-bond acceptors (Lipinski definition) is 2. The maximum Gasteiger partial charge on any atom is 0.247 e. The zero-order valence-corrected chi connectivity index (χ0v) is 15.9. The average Bonchev–Trinajstić information content (AvgIpc) is 2.65. The van der Waals surface area contributed by atoms with Crippen LogP contribution in [0.3, 0.4) is 0 Å². The summed E-state index contributed by atoms with van der Waals surface area (Å²) in [4.78, 5) is 10.9. The number of fused-ring (bicyclic) bond motifs is 1. The molecule has 1 amide bonds. The maximum absolute atomic E-state index is 10.9. The Morgan fingerprint density at radius 2 is 1.52 bits per heavy atom. The Morgan fingerprint density at radius 1 is 0.852 bits per heavy atom. The fraction of sp³-hybridized carbons (Fsp3) is 0.208. The number of carbonyl (C=O) groups excluding carboxylic acids is 1. The van der Waals surface area contributed by atoms with Gasteiger partial charge in [0, 0.05) is 6.08 Å². The summed E-state index contributed by atoms with van der Waals surface area (Å²) in [5.41, 5.74) is 6.61. The van der Waals surface area contributed by atoms with Gasteiger partial charge in [0.25, 0.3) is 0 Å². The minimum Gasteiger partial charge on any atom is -0.511 e. The number of aryl methyl sites for hydroxylation is 3. The first-order valence-corrected chi connectivity index (χ1v) is 9.14. The van der Waals surface area contributed by atoms with Crippen LogP contribution in [-0.4, -0.2) is 17.1 Å². The zero-order chi connectivity index (χ0) is 19.4. The molecule has 138 valence electrons. The van der Waals surface area contributed by atoms with Crippen molar-refractivity contribution in [2.24, 2.45) is 5.92 Å². The van der Waals surface area contributed by atoms with Gasteiger partial charge in [0.2, 0.25) is 5.91 Å². The molecule has 1 aliphatic carbocycles. The summed E-state index contributed by atoms with van der Waals surface area (Å²) in [6.45, 7) is 6.42. The third kappa shape index (κ3) is 4.56. The Bertz CT molecular complexity index is 920. The third-order valence-electron chi connectivity index (χ3n) is 4.96. The van der Waals surface area contributed by atoms with Crippen LogP contribution in [0.4, 0.5) is 0 Å². The molecule has 0 radical (unpaired) electrons. The van der Waals surface area contributed by atoms with Gasteiger partial charge in [-0.3, -0.25) is 4.79 Å². The lowest BCUT2D eigenvalue weighted by atomic mass is 9.90.